The van der Waals surface area contributed by atoms with Gasteiger partial charge in [-0.25, -0.2) is 13.6 Å². The lowest BCUT2D eigenvalue weighted by Gasteiger charge is -2.16. The van der Waals surface area contributed by atoms with E-state index in [-0.39, 0.29) is 18.9 Å². The average Bonchev–Trinajstić information content (AvgIpc) is 2.78. The van der Waals surface area contributed by atoms with Crippen molar-refractivity contribution in [2.45, 2.75) is 18.1 Å². The second kappa shape index (κ2) is 5.80. The fraction of sp³-hybridized carbons (Fsp3) is 0.462. The molecule has 0 saturated carbocycles. The van der Waals surface area contributed by atoms with Gasteiger partial charge in [0, 0.05) is 19.5 Å². The number of nitrogens with zero attached hydrogens (tertiary/aromatic N) is 1. The maximum absolute atomic E-state index is 11.7. The summed E-state index contributed by atoms with van der Waals surface area (Å²) in [6, 6.07) is 7.57. The number of ether oxygens (including phenoxy) is 1. The lowest BCUT2D eigenvalue weighted by atomic mass is 10.1. The lowest BCUT2D eigenvalue weighted by molar-refractivity contribution is -0.127. The first kappa shape index (κ1) is 14.8. The summed E-state index contributed by atoms with van der Waals surface area (Å²) < 4.78 is 27.6. The molecule has 1 unspecified atom stereocenters. The number of likely N-dealkylation sites (tertiary alicyclic amines) is 1. The van der Waals surface area contributed by atoms with Crippen LogP contribution >= 0.6 is 0 Å². The van der Waals surface area contributed by atoms with E-state index < -0.39 is 15.3 Å². The number of amides is 1. The van der Waals surface area contributed by atoms with E-state index in [1.54, 1.807) is 12.0 Å². The Labute approximate surface area is 118 Å². The van der Waals surface area contributed by atoms with E-state index in [0.29, 0.717) is 13.0 Å². The predicted molar refractivity (Wildman–Crippen MR) is 74.8 cm³/mol. The Bertz CT molecular complexity index is 583. The number of carbonyl (C=O) groups excluding carboxylic acids is 1. The number of nitrogens with two attached hydrogens (primary N) is 1. The molecule has 2 N–H and O–H groups in total. The summed E-state index contributed by atoms with van der Waals surface area (Å²) in [6.07, 6.45) is 0.661. The monoisotopic (exact) mass is 298 g/mol. The van der Waals surface area contributed by atoms with Crippen molar-refractivity contribution in [3.63, 3.8) is 0 Å². The smallest absolute Gasteiger partial charge is 0.224 e. The van der Waals surface area contributed by atoms with Crippen LogP contribution in [0.4, 0.5) is 0 Å². The largest absolute Gasteiger partial charge is 0.497 e. The van der Waals surface area contributed by atoms with Crippen LogP contribution in [-0.2, 0) is 21.2 Å². The van der Waals surface area contributed by atoms with Crippen molar-refractivity contribution < 1.29 is 17.9 Å². The van der Waals surface area contributed by atoms with E-state index in [0.717, 1.165) is 11.3 Å². The van der Waals surface area contributed by atoms with Crippen molar-refractivity contribution in [1.29, 1.82) is 0 Å². The quantitative estimate of drug-likeness (QED) is 0.836. The summed E-state index contributed by atoms with van der Waals surface area (Å²) in [5.74, 6) is 0.623. The normalized spacial score (nSPS) is 19.4. The summed E-state index contributed by atoms with van der Waals surface area (Å²) in [5, 5.41) is 4.31. The summed E-state index contributed by atoms with van der Waals surface area (Å²) in [7, 11) is -2.04. The molecule has 1 aromatic carbocycles. The second-order valence-corrected chi connectivity index (χ2v) is 6.70. The van der Waals surface area contributed by atoms with Crippen molar-refractivity contribution in [1.82, 2.24) is 4.90 Å². The van der Waals surface area contributed by atoms with Crippen molar-refractivity contribution >= 4 is 15.9 Å². The van der Waals surface area contributed by atoms with Gasteiger partial charge in [0.15, 0.2) is 0 Å². The van der Waals surface area contributed by atoms with Crippen LogP contribution in [0.25, 0.3) is 0 Å². The minimum Gasteiger partial charge on any atom is -0.497 e. The first-order chi connectivity index (χ1) is 9.40. The third kappa shape index (κ3) is 3.49. The number of carbonyl (C=O) groups is 1. The number of primary sulfonamides is 1. The van der Waals surface area contributed by atoms with Crippen LogP contribution in [0.2, 0.25) is 0 Å². The number of methoxy groups -OCH3 is 1. The van der Waals surface area contributed by atoms with E-state index in [2.05, 4.69) is 0 Å². The molecule has 2 rings (SSSR count). The van der Waals surface area contributed by atoms with Gasteiger partial charge in [0.05, 0.1) is 7.11 Å². The third-order valence-electron chi connectivity index (χ3n) is 3.47. The Morgan fingerprint density at radius 1 is 1.35 bits per heavy atom. The molecule has 1 aliphatic rings. The first-order valence-electron chi connectivity index (χ1n) is 6.32. The molecule has 1 saturated heterocycles. The molecule has 1 aromatic rings. The second-order valence-electron chi connectivity index (χ2n) is 4.85. The molecule has 110 valence electrons. The molecule has 0 aliphatic carbocycles. The average molecular weight is 298 g/mol. The van der Waals surface area contributed by atoms with Gasteiger partial charge in [-0.2, -0.15) is 0 Å². The van der Waals surface area contributed by atoms with Gasteiger partial charge in [0.1, 0.15) is 11.0 Å². The maximum atomic E-state index is 11.7. The molecule has 6 nitrogen and oxygen atoms in total. The minimum atomic E-state index is -3.64. The molecule has 0 radical (unpaired) electrons. The number of benzene rings is 1. The summed E-state index contributed by atoms with van der Waals surface area (Å²) in [6.45, 7) is 0.686. The Balaban J connectivity index is 1.92. The van der Waals surface area contributed by atoms with Gasteiger partial charge in [-0.1, -0.05) is 12.1 Å². The summed E-state index contributed by atoms with van der Waals surface area (Å²) in [4.78, 5) is 13.3. The Morgan fingerprint density at radius 2 is 2.00 bits per heavy atom. The standard InChI is InChI=1S/C13H18N2O4S/c1-19-11-4-2-10(3-5-11)6-7-15-9-12(8-13(15)16)20(14,17)18/h2-5,12H,6-9H2,1H3,(H2,14,17,18). The minimum absolute atomic E-state index is 0.0125. The van der Waals surface area contributed by atoms with Crippen molar-refractivity contribution in [2.24, 2.45) is 5.14 Å². The molecule has 1 atom stereocenters. The number of hydrogen-bond acceptors (Lipinski definition) is 4. The van der Waals surface area contributed by atoms with E-state index >= 15 is 0 Å². The van der Waals surface area contributed by atoms with Gasteiger partial charge >= 0.3 is 0 Å². The Morgan fingerprint density at radius 3 is 2.50 bits per heavy atom. The molecule has 0 spiro atoms. The highest BCUT2D eigenvalue weighted by atomic mass is 32.2. The van der Waals surface area contributed by atoms with Crippen LogP contribution < -0.4 is 9.88 Å². The molecule has 1 amide bonds. The molecule has 0 aromatic heterocycles. The van der Waals surface area contributed by atoms with Crippen LogP contribution in [0.1, 0.15) is 12.0 Å². The summed E-state index contributed by atoms with van der Waals surface area (Å²) in [5.41, 5.74) is 1.07. The zero-order valence-corrected chi connectivity index (χ0v) is 12.1. The van der Waals surface area contributed by atoms with Crippen LogP contribution in [-0.4, -0.2) is 44.7 Å². The molecule has 0 bridgehead atoms. The number of sulfonamides is 1. The molecular formula is C13H18N2O4S. The van der Waals surface area contributed by atoms with Crippen LogP contribution in [0.15, 0.2) is 24.3 Å². The van der Waals surface area contributed by atoms with Crippen molar-refractivity contribution in [3.8, 4) is 5.75 Å². The highest BCUT2D eigenvalue weighted by Crippen LogP contribution is 2.18. The van der Waals surface area contributed by atoms with E-state index in [1.807, 2.05) is 24.3 Å². The number of rotatable bonds is 5. The molecule has 1 fully saturated rings. The predicted octanol–water partition coefficient (Wildman–Crippen LogP) is 0.127. The van der Waals surface area contributed by atoms with E-state index in [9.17, 15) is 13.2 Å². The molecule has 20 heavy (non-hydrogen) atoms. The topological polar surface area (TPSA) is 89.7 Å². The van der Waals surface area contributed by atoms with Crippen LogP contribution in [0.3, 0.4) is 0 Å². The van der Waals surface area contributed by atoms with Gasteiger partial charge in [0.25, 0.3) is 0 Å². The fourth-order valence-electron chi connectivity index (χ4n) is 2.23. The van der Waals surface area contributed by atoms with Gasteiger partial charge in [0.2, 0.25) is 15.9 Å². The van der Waals surface area contributed by atoms with Gasteiger partial charge in [-0.3, -0.25) is 4.79 Å². The third-order valence-corrected chi connectivity index (χ3v) is 4.72. The molecular weight excluding hydrogens is 280 g/mol. The lowest BCUT2D eigenvalue weighted by Crippen LogP contribution is -2.33. The van der Waals surface area contributed by atoms with E-state index in [1.165, 1.54) is 0 Å². The van der Waals surface area contributed by atoms with Gasteiger partial charge < -0.3 is 9.64 Å². The Kier molecular flexibility index (Phi) is 4.29. The highest BCUT2D eigenvalue weighted by Gasteiger charge is 2.35. The SMILES string of the molecule is COc1ccc(CCN2CC(S(N)(=O)=O)CC2=O)cc1. The molecule has 1 aliphatic heterocycles. The highest BCUT2D eigenvalue weighted by molar-refractivity contribution is 7.89. The Hall–Kier alpha value is -1.60. The van der Waals surface area contributed by atoms with Crippen molar-refractivity contribution in [3.05, 3.63) is 29.8 Å². The zero-order valence-electron chi connectivity index (χ0n) is 11.3. The molecule has 1 heterocycles. The maximum Gasteiger partial charge on any atom is 0.224 e. The number of hydrogen-bond donors (Lipinski definition) is 1. The molecule has 7 heteroatoms. The van der Waals surface area contributed by atoms with Gasteiger partial charge in [-0.15, -0.1) is 0 Å². The van der Waals surface area contributed by atoms with Crippen LogP contribution in [0, 0.1) is 0 Å². The fourth-order valence-corrected chi connectivity index (χ4v) is 2.99. The van der Waals surface area contributed by atoms with Gasteiger partial charge in [-0.05, 0) is 24.1 Å². The van der Waals surface area contributed by atoms with Crippen LogP contribution in [0.5, 0.6) is 5.75 Å². The zero-order chi connectivity index (χ0) is 14.8. The van der Waals surface area contributed by atoms with Crippen molar-refractivity contribution in [2.75, 3.05) is 20.2 Å². The first-order valence-corrected chi connectivity index (χ1v) is 7.93. The van der Waals surface area contributed by atoms with E-state index in [4.69, 9.17) is 9.88 Å². The summed E-state index contributed by atoms with van der Waals surface area (Å²) >= 11 is 0.